The summed E-state index contributed by atoms with van der Waals surface area (Å²) in [6, 6.07) is 13.8. The van der Waals surface area contributed by atoms with Gasteiger partial charge in [0.05, 0.1) is 0 Å². The van der Waals surface area contributed by atoms with E-state index >= 15 is 0 Å². The van der Waals surface area contributed by atoms with Crippen LogP contribution in [0.3, 0.4) is 0 Å². The SMILES string of the molecule is OB(O)Oc1cccc2c1Cc1ccccc1-2. The van der Waals surface area contributed by atoms with Crippen molar-refractivity contribution in [2.24, 2.45) is 0 Å². The van der Waals surface area contributed by atoms with E-state index in [4.69, 9.17) is 14.7 Å². The Morgan fingerprint density at radius 1 is 0.941 bits per heavy atom. The van der Waals surface area contributed by atoms with Crippen LogP contribution in [-0.4, -0.2) is 17.4 Å². The molecule has 0 aliphatic heterocycles. The summed E-state index contributed by atoms with van der Waals surface area (Å²) in [6.07, 6.45) is 0.772. The van der Waals surface area contributed by atoms with Crippen LogP contribution in [0.15, 0.2) is 42.5 Å². The van der Waals surface area contributed by atoms with Crippen LogP contribution in [0.2, 0.25) is 0 Å². The Bertz CT molecular complexity index is 566. The zero-order valence-electron chi connectivity index (χ0n) is 9.13. The lowest BCUT2D eigenvalue weighted by atomic mass is 10.1. The molecule has 2 N–H and O–H groups in total. The lowest BCUT2D eigenvalue weighted by molar-refractivity contribution is 0.287. The Kier molecular flexibility index (Phi) is 2.39. The normalized spacial score (nSPS) is 11.9. The number of fused-ring (bicyclic) bond motifs is 3. The Morgan fingerprint density at radius 2 is 1.71 bits per heavy atom. The molecular weight excluding hydrogens is 215 g/mol. The first-order chi connectivity index (χ1) is 8.25. The monoisotopic (exact) mass is 226 g/mol. The smallest absolute Gasteiger partial charge is 0.512 e. The van der Waals surface area contributed by atoms with E-state index in [9.17, 15) is 0 Å². The molecule has 1 aliphatic carbocycles. The minimum Gasteiger partial charge on any atom is -0.512 e. The molecule has 84 valence electrons. The molecule has 1 aliphatic rings. The molecule has 3 nitrogen and oxygen atoms in total. The van der Waals surface area contributed by atoms with Crippen molar-refractivity contribution in [1.82, 2.24) is 0 Å². The van der Waals surface area contributed by atoms with Gasteiger partial charge in [-0.15, -0.1) is 0 Å². The van der Waals surface area contributed by atoms with Gasteiger partial charge in [-0.25, -0.2) is 0 Å². The van der Waals surface area contributed by atoms with Crippen molar-refractivity contribution in [3.05, 3.63) is 53.6 Å². The van der Waals surface area contributed by atoms with Crippen molar-refractivity contribution < 1.29 is 14.7 Å². The van der Waals surface area contributed by atoms with Gasteiger partial charge in [0, 0.05) is 12.0 Å². The van der Waals surface area contributed by atoms with Gasteiger partial charge in [-0.2, -0.15) is 0 Å². The summed E-state index contributed by atoms with van der Waals surface area (Å²) < 4.78 is 5.00. The molecule has 0 atom stereocenters. The third-order valence-corrected chi connectivity index (χ3v) is 3.04. The second-order valence-electron chi connectivity index (χ2n) is 4.06. The van der Waals surface area contributed by atoms with E-state index in [-0.39, 0.29) is 0 Å². The van der Waals surface area contributed by atoms with Gasteiger partial charge in [-0.1, -0.05) is 36.4 Å². The molecule has 0 fully saturated rings. The second kappa shape index (κ2) is 3.91. The first kappa shape index (κ1) is 10.4. The number of rotatable bonds is 2. The van der Waals surface area contributed by atoms with Crippen LogP contribution in [0.25, 0.3) is 11.1 Å². The zero-order chi connectivity index (χ0) is 11.8. The maximum absolute atomic E-state index is 8.89. The van der Waals surface area contributed by atoms with Crippen molar-refractivity contribution >= 4 is 7.32 Å². The van der Waals surface area contributed by atoms with Crippen LogP contribution < -0.4 is 4.65 Å². The highest BCUT2D eigenvalue weighted by Crippen LogP contribution is 2.40. The first-order valence-electron chi connectivity index (χ1n) is 5.48. The van der Waals surface area contributed by atoms with Gasteiger partial charge in [0.2, 0.25) is 0 Å². The molecule has 0 saturated carbocycles. The van der Waals surface area contributed by atoms with Crippen LogP contribution in [0.4, 0.5) is 0 Å². The summed E-state index contributed by atoms with van der Waals surface area (Å²) >= 11 is 0. The third kappa shape index (κ3) is 1.71. The molecule has 17 heavy (non-hydrogen) atoms. The summed E-state index contributed by atoms with van der Waals surface area (Å²) in [4.78, 5) is 0. The van der Waals surface area contributed by atoms with Crippen molar-refractivity contribution in [1.29, 1.82) is 0 Å². The lowest BCUT2D eigenvalue weighted by Crippen LogP contribution is -2.21. The van der Waals surface area contributed by atoms with Crippen LogP contribution >= 0.6 is 0 Å². The standard InChI is InChI=1S/C13H11BO3/c15-14(16)17-13-7-3-6-11-10-5-2-1-4-9(10)8-12(11)13/h1-7,15-16H,8H2. The molecule has 3 rings (SSSR count). The predicted molar refractivity (Wildman–Crippen MR) is 65.5 cm³/mol. The number of benzene rings is 2. The summed E-state index contributed by atoms with van der Waals surface area (Å²) in [5, 5.41) is 17.8. The van der Waals surface area contributed by atoms with Crippen molar-refractivity contribution in [2.45, 2.75) is 6.42 Å². The molecule has 0 spiro atoms. The second-order valence-corrected chi connectivity index (χ2v) is 4.06. The lowest BCUT2D eigenvalue weighted by Gasteiger charge is -2.09. The van der Waals surface area contributed by atoms with E-state index < -0.39 is 7.32 Å². The van der Waals surface area contributed by atoms with E-state index in [1.54, 1.807) is 6.07 Å². The summed E-state index contributed by atoms with van der Waals surface area (Å²) in [6.45, 7) is 0. The predicted octanol–water partition coefficient (Wildman–Crippen LogP) is 1.61. The number of hydrogen-bond acceptors (Lipinski definition) is 3. The molecule has 4 heteroatoms. The van der Waals surface area contributed by atoms with E-state index in [2.05, 4.69) is 12.1 Å². The fourth-order valence-electron chi connectivity index (χ4n) is 2.35. The molecule has 0 heterocycles. The van der Waals surface area contributed by atoms with E-state index in [0.29, 0.717) is 5.75 Å². The molecule has 2 aromatic carbocycles. The zero-order valence-corrected chi connectivity index (χ0v) is 9.13. The van der Waals surface area contributed by atoms with Gasteiger partial charge in [-0.3, -0.25) is 0 Å². The third-order valence-electron chi connectivity index (χ3n) is 3.04. The Balaban J connectivity index is 2.11. The Morgan fingerprint density at radius 3 is 2.53 bits per heavy atom. The van der Waals surface area contributed by atoms with Gasteiger partial charge in [0.15, 0.2) is 0 Å². The molecule has 0 aromatic heterocycles. The fourth-order valence-corrected chi connectivity index (χ4v) is 2.35. The van der Waals surface area contributed by atoms with Crippen LogP contribution in [-0.2, 0) is 6.42 Å². The average molecular weight is 226 g/mol. The van der Waals surface area contributed by atoms with Gasteiger partial charge < -0.3 is 14.7 Å². The molecule has 2 aromatic rings. The van der Waals surface area contributed by atoms with Crippen LogP contribution in [0, 0.1) is 0 Å². The Hall–Kier alpha value is -1.78. The van der Waals surface area contributed by atoms with Gasteiger partial charge in [0.25, 0.3) is 0 Å². The Labute approximate surface area is 99.5 Å². The van der Waals surface area contributed by atoms with Crippen LogP contribution in [0.1, 0.15) is 11.1 Å². The van der Waals surface area contributed by atoms with Gasteiger partial charge in [-0.05, 0) is 22.8 Å². The van der Waals surface area contributed by atoms with E-state index in [1.807, 2.05) is 24.3 Å². The molecule has 0 radical (unpaired) electrons. The molecule has 0 unspecified atom stereocenters. The summed E-state index contributed by atoms with van der Waals surface area (Å²) in [5.41, 5.74) is 4.56. The van der Waals surface area contributed by atoms with Crippen molar-refractivity contribution in [3.8, 4) is 16.9 Å². The largest absolute Gasteiger partial charge is 0.707 e. The minimum absolute atomic E-state index is 0.536. The highest BCUT2D eigenvalue weighted by molar-refractivity contribution is 6.33. The first-order valence-corrected chi connectivity index (χ1v) is 5.48. The highest BCUT2D eigenvalue weighted by atomic mass is 16.6. The fraction of sp³-hybridized carbons (Fsp3) is 0.0769. The molecule has 0 amide bonds. The maximum atomic E-state index is 8.89. The van der Waals surface area contributed by atoms with Crippen LogP contribution in [0.5, 0.6) is 5.75 Å². The highest BCUT2D eigenvalue weighted by Gasteiger charge is 2.23. The summed E-state index contributed by atoms with van der Waals surface area (Å²) in [7, 11) is -1.77. The maximum Gasteiger partial charge on any atom is 0.707 e. The minimum atomic E-state index is -1.77. The number of hydrogen-bond donors (Lipinski definition) is 2. The molecule has 0 saturated heterocycles. The molecule has 0 bridgehead atoms. The quantitative estimate of drug-likeness (QED) is 0.652. The van der Waals surface area contributed by atoms with Gasteiger partial charge >= 0.3 is 7.32 Å². The van der Waals surface area contributed by atoms with Gasteiger partial charge in [0.1, 0.15) is 5.75 Å². The molecular formula is C13H11BO3. The van der Waals surface area contributed by atoms with E-state index in [0.717, 1.165) is 17.5 Å². The van der Waals surface area contributed by atoms with Crippen molar-refractivity contribution in [3.63, 3.8) is 0 Å². The van der Waals surface area contributed by atoms with E-state index in [1.165, 1.54) is 11.1 Å². The summed E-state index contributed by atoms with van der Waals surface area (Å²) in [5.74, 6) is 0.536. The average Bonchev–Trinajstić information content (AvgIpc) is 2.68. The van der Waals surface area contributed by atoms with Crippen molar-refractivity contribution in [2.75, 3.05) is 0 Å². The topological polar surface area (TPSA) is 49.7 Å².